The number of esters is 1. The van der Waals surface area contributed by atoms with E-state index in [0.29, 0.717) is 0 Å². The highest BCUT2D eigenvalue weighted by molar-refractivity contribution is 5.74. The molecule has 0 unspecified atom stereocenters. The van der Waals surface area contributed by atoms with Gasteiger partial charge in [-0.2, -0.15) is 0 Å². The topological polar surface area (TPSA) is 46.5 Å². The summed E-state index contributed by atoms with van der Waals surface area (Å²) in [4.78, 5) is 11.8. The minimum Gasteiger partial charge on any atom is -0.469 e. The summed E-state index contributed by atoms with van der Waals surface area (Å²) in [7, 11) is 1.41. The lowest BCUT2D eigenvalue weighted by molar-refractivity contribution is -0.153. The van der Waals surface area contributed by atoms with E-state index >= 15 is 0 Å². The molecule has 2 aliphatic carbocycles. The highest BCUT2D eigenvalue weighted by atomic mass is 16.5. The summed E-state index contributed by atoms with van der Waals surface area (Å²) in [6.45, 7) is 2.05. The van der Waals surface area contributed by atoms with Gasteiger partial charge >= 0.3 is 5.97 Å². The number of carbonyl (C=O) groups is 1. The van der Waals surface area contributed by atoms with Crippen molar-refractivity contribution in [2.45, 2.75) is 38.7 Å². The molecule has 1 N–H and O–H groups in total. The molecule has 4 atom stereocenters. The standard InChI is InChI=1S/C13H20O3/c1-3-8-7-9-5-4-6-10(9)11(12(8)14)13(15)16-2/h7-8,10-12,14H,3-6H2,1-2H3/t8-,10+,11-,12-/m1/s1. The van der Waals surface area contributed by atoms with E-state index in [-0.39, 0.29) is 23.7 Å². The molecule has 16 heavy (non-hydrogen) atoms. The highest BCUT2D eigenvalue weighted by Gasteiger charge is 2.44. The third-order valence-corrected chi connectivity index (χ3v) is 4.07. The van der Waals surface area contributed by atoms with Gasteiger partial charge < -0.3 is 9.84 Å². The smallest absolute Gasteiger partial charge is 0.311 e. The molecule has 0 aromatic rings. The zero-order valence-electron chi connectivity index (χ0n) is 9.98. The molecule has 0 spiro atoms. The van der Waals surface area contributed by atoms with E-state index in [1.807, 2.05) is 0 Å². The van der Waals surface area contributed by atoms with Gasteiger partial charge in [0.05, 0.1) is 19.1 Å². The van der Waals surface area contributed by atoms with Gasteiger partial charge in [0.1, 0.15) is 0 Å². The summed E-state index contributed by atoms with van der Waals surface area (Å²) in [5.74, 6) is -0.236. The van der Waals surface area contributed by atoms with Crippen molar-refractivity contribution in [3.63, 3.8) is 0 Å². The minimum atomic E-state index is -0.565. The van der Waals surface area contributed by atoms with Crippen molar-refractivity contribution in [1.29, 1.82) is 0 Å². The van der Waals surface area contributed by atoms with Crippen molar-refractivity contribution in [2.75, 3.05) is 7.11 Å². The first-order valence-corrected chi connectivity index (χ1v) is 6.15. The molecule has 0 aliphatic heterocycles. The molecular formula is C13H20O3. The van der Waals surface area contributed by atoms with Gasteiger partial charge in [-0.1, -0.05) is 18.6 Å². The van der Waals surface area contributed by atoms with Gasteiger partial charge in [0.25, 0.3) is 0 Å². The summed E-state index contributed by atoms with van der Waals surface area (Å²) >= 11 is 0. The molecule has 2 rings (SSSR count). The Bertz CT molecular complexity index is 308. The Kier molecular flexibility index (Phi) is 3.33. The molecule has 0 bridgehead atoms. The van der Waals surface area contributed by atoms with Gasteiger partial charge in [0, 0.05) is 5.92 Å². The number of hydrogen-bond acceptors (Lipinski definition) is 3. The molecule has 0 radical (unpaired) electrons. The maximum atomic E-state index is 11.8. The molecule has 0 amide bonds. The number of methoxy groups -OCH3 is 1. The van der Waals surface area contributed by atoms with Crippen LogP contribution in [-0.2, 0) is 9.53 Å². The van der Waals surface area contributed by atoms with Crippen molar-refractivity contribution < 1.29 is 14.6 Å². The Hall–Kier alpha value is -0.830. The van der Waals surface area contributed by atoms with E-state index < -0.39 is 6.10 Å². The monoisotopic (exact) mass is 224 g/mol. The number of carbonyl (C=O) groups excluding carboxylic acids is 1. The number of rotatable bonds is 2. The van der Waals surface area contributed by atoms with Crippen LogP contribution in [0.15, 0.2) is 11.6 Å². The van der Waals surface area contributed by atoms with Crippen LogP contribution < -0.4 is 0 Å². The Balaban J connectivity index is 2.29. The summed E-state index contributed by atoms with van der Waals surface area (Å²) in [6, 6.07) is 0. The van der Waals surface area contributed by atoms with Crippen molar-refractivity contribution in [3.05, 3.63) is 11.6 Å². The van der Waals surface area contributed by atoms with Crippen LogP contribution >= 0.6 is 0 Å². The number of aliphatic hydroxyl groups excluding tert-OH is 1. The van der Waals surface area contributed by atoms with Crippen LogP contribution in [0.2, 0.25) is 0 Å². The van der Waals surface area contributed by atoms with E-state index in [1.165, 1.54) is 12.7 Å². The third kappa shape index (κ3) is 1.77. The fourth-order valence-electron chi connectivity index (χ4n) is 3.19. The largest absolute Gasteiger partial charge is 0.469 e. The number of allylic oxidation sites excluding steroid dienone is 1. The molecule has 0 aromatic carbocycles. The fourth-order valence-corrected chi connectivity index (χ4v) is 3.19. The lowest BCUT2D eigenvalue weighted by Gasteiger charge is -2.35. The van der Waals surface area contributed by atoms with Crippen LogP contribution in [0.25, 0.3) is 0 Å². The van der Waals surface area contributed by atoms with Crippen LogP contribution in [0.1, 0.15) is 32.6 Å². The molecule has 0 heterocycles. The lowest BCUT2D eigenvalue weighted by Crippen LogP contribution is -2.42. The second kappa shape index (κ2) is 4.58. The van der Waals surface area contributed by atoms with Gasteiger partial charge in [0.15, 0.2) is 0 Å². The van der Waals surface area contributed by atoms with Crippen LogP contribution in [0.5, 0.6) is 0 Å². The van der Waals surface area contributed by atoms with E-state index in [2.05, 4.69) is 13.0 Å². The molecule has 3 heteroatoms. The Labute approximate surface area is 96.5 Å². The van der Waals surface area contributed by atoms with Crippen LogP contribution in [0.3, 0.4) is 0 Å². The molecule has 1 fully saturated rings. The highest BCUT2D eigenvalue weighted by Crippen LogP contribution is 2.44. The second-order valence-corrected chi connectivity index (χ2v) is 4.85. The van der Waals surface area contributed by atoms with Crippen LogP contribution in [0, 0.1) is 17.8 Å². The zero-order valence-corrected chi connectivity index (χ0v) is 9.98. The van der Waals surface area contributed by atoms with Crippen LogP contribution in [0.4, 0.5) is 0 Å². The van der Waals surface area contributed by atoms with Crippen molar-refractivity contribution in [2.24, 2.45) is 17.8 Å². The first-order valence-electron chi connectivity index (χ1n) is 6.15. The molecule has 0 saturated heterocycles. The van der Waals surface area contributed by atoms with E-state index in [9.17, 15) is 9.90 Å². The first-order chi connectivity index (χ1) is 7.69. The number of hydrogen-bond donors (Lipinski definition) is 1. The normalized spacial score (nSPS) is 37.8. The predicted octanol–water partition coefficient (Wildman–Crippen LogP) is 1.90. The Morgan fingerprint density at radius 3 is 3.00 bits per heavy atom. The molecule has 90 valence electrons. The summed E-state index contributed by atoms with van der Waals surface area (Å²) in [5, 5.41) is 10.2. The van der Waals surface area contributed by atoms with E-state index in [0.717, 1.165) is 25.7 Å². The summed E-state index contributed by atoms with van der Waals surface area (Å²) in [5.41, 5.74) is 1.37. The first kappa shape index (κ1) is 11.6. The summed E-state index contributed by atoms with van der Waals surface area (Å²) in [6.07, 6.45) is 5.74. The Morgan fingerprint density at radius 1 is 1.62 bits per heavy atom. The fraction of sp³-hybridized carbons (Fsp3) is 0.769. The molecule has 3 nitrogen and oxygen atoms in total. The van der Waals surface area contributed by atoms with Gasteiger partial charge in [-0.05, 0) is 31.6 Å². The minimum absolute atomic E-state index is 0.119. The van der Waals surface area contributed by atoms with E-state index in [1.54, 1.807) is 0 Å². The van der Waals surface area contributed by atoms with Crippen molar-refractivity contribution in [1.82, 2.24) is 0 Å². The number of fused-ring (bicyclic) bond motifs is 1. The van der Waals surface area contributed by atoms with Crippen molar-refractivity contribution >= 4 is 5.97 Å². The molecule has 0 aromatic heterocycles. The average molecular weight is 224 g/mol. The number of aliphatic hydroxyl groups is 1. The SMILES string of the molecule is CC[C@@H]1C=C2CCC[C@@H]2[C@@H](C(=O)OC)[C@@H]1O. The third-order valence-electron chi connectivity index (χ3n) is 4.07. The van der Waals surface area contributed by atoms with Gasteiger partial charge in [-0.3, -0.25) is 4.79 Å². The maximum Gasteiger partial charge on any atom is 0.311 e. The van der Waals surface area contributed by atoms with Crippen molar-refractivity contribution in [3.8, 4) is 0 Å². The quantitative estimate of drug-likeness (QED) is 0.575. The molecule has 2 aliphatic rings. The summed E-state index contributed by atoms with van der Waals surface area (Å²) < 4.78 is 4.83. The lowest BCUT2D eigenvalue weighted by atomic mass is 9.72. The average Bonchev–Trinajstić information content (AvgIpc) is 2.74. The van der Waals surface area contributed by atoms with Crippen LogP contribution in [-0.4, -0.2) is 24.3 Å². The predicted molar refractivity (Wildman–Crippen MR) is 60.7 cm³/mol. The van der Waals surface area contributed by atoms with Gasteiger partial charge in [-0.15, -0.1) is 0 Å². The maximum absolute atomic E-state index is 11.8. The zero-order chi connectivity index (χ0) is 11.7. The van der Waals surface area contributed by atoms with E-state index in [4.69, 9.17) is 4.74 Å². The second-order valence-electron chi connectivity index (χ2n) is 4.85. The molecular weight excluding hydrogens is 204 g/mol. The Morgan fingerprint density at radius 2 is 2.38 bits per heavy atom. The van der Waals surface area contributed by atoms with Gasteiger partial charge in [-0.25, -0.2) is 0 Å². The van der Waals surface area contributed by atoms with Gasteiger partial charge in [0.2, 0.25) is 0 Å². The molecule has 1 saturated carbocycles. The number of ether oxygens (including phenoxy) is 1.